The van der Waals surface area contributed by atoms with Crippen molar-refractivity contribution < 1.29 is 4.79 Å². The highest BCUT2D eigenvalue weighted by Gasteiger charge is 2.14. The molecule has 1 heterocycles. The molecule has 21 heavy (non-hydrogen) atoms. The Labute approximate surface area is 134 Å². The van der Waals surface area contributed by atoms with E-state index >= 15 is 0 Å². The van der Waals surface area contributed by atoms with E-state index < -0.39 is 0 Å². The Bertz CT molecular complexity index is 686. The molecule has 110 valence electrons. The number of amides is 1. The number of hydrogen-bond acceptors (Lipinski definition) is 2. The van der Waals surface area contributed by atoms with Crippen LogP contribution in [0.4, 0.5) is 0 Å². The fraction of sp³-hybridized carbons (Fsp3) is 0.250. The summed E-state index contributed by atoms with van der Waals surface area (Å²) in [5.41, 5.74) is 3.82. The smallest absolute Gasteiger partial charge is 0.253 e. The molecule has 0 fully saturated rings. The van der Waals surface area contributed by atoms with Crippen LogP contribution >= 0.6 is 23.2 Å². The minimum atomic E-state index is -0.228. The van der Waals surface area contributed by atoms with E-state index in [1.165, 1.54) is 17.8 Å². The monoisotopic (exact) mass is 322 g/mol. The number of benzene rings is 1. The zero-order chi connectivity index (χ0) is 15.6. The molecule has 0 aliphatic heterocycles. The molecule has 0 spiro atoms. The Hall–Kier alpha value is -1.58. The minimum absolute atomic E-state index is 0.104. The number of aryl methyl sites for hydroxylation is 2. The fourth-order valence-corrected chi connectivity index (χ4v) is 2.48. The van der Waals surface area contributed by atoms with E-state index in [1.807, 2.05) is 32.9 Å². The second-order valence-electron chi connectivity index (χ2n) is 5.05. The summed E-state index contributed by atoms with van der Waals surface area (Å²) in [7, 11) is 0. The molecule has 1 atom stereocenters. The number of rotatable bonds is 3. The van der Waals surface area contributed by atoms with Gasteiger partial charge in [-0.05, 0) is 38.0 Å². The van der Waals surface area contributed by atoms with E-state index in [2.05, 4.69) is 16.4 Å². The van der Waals surface area contributed by atoms with Gasteiger partial charge in [0.05, 0.1) is 16.6 Å². The van der Waals surface area contributed by atoms with Gasteiger partial charge in [-0.3, -0.25) is 4.79 Å². The first-order chi connectivity index (χ1) is 9.88. The summed E-state index contributed by atoms with van der Waals surface area (Å²) in [5.74, 6) is -0.228. The molecule has 1 aromatic carbocycles. The zero-order valence-electron chi connectivity index (χ0n) is 12.1. The van der Waals surface area contributed by atoms with Crippen LogP contribution in [0.3, 0.4) is 0 Å². The summed E-state index contributed by atoms with van der Waals surface area (Å²) in [5, 5.41) is 3.40. The number of nitrogens with zero attached hydrogens (tertiary/aromatic N) is 1. The van der Waals surface area contributed by atoms with Gasteiger partial charge in [-0.15, -0.1) is 0 Å². The maximum Gasteiger partial charge on any atom is 0.253 e. The standard InChI is InChI=1S/C16H16Cl2N2O/c1-9-4-5-13(10(2)6-9)11(3)20-16(21)12-7-14(17)15(18)19-8-12/h4-8,11H,1-3H3,(H,20,21). The Morgan fingerprint density at radius 1 is 1.24 bits per heavy atom. The molecule has 0 radical (unpaired) electrons. The summed E-state index contributed by atoms with van der Waals surface area (Å²) in [6.45, 7) is 6.02. The summed E-state index contributed by atoms with van der Waals surface area (Å²) in [6, 6.07) is 7.57. The lowest BCUT2D eigenvalue weighted by Gasteiger charge is -2.17. The van der Waals surface area contributed by atoms with E-state index in [9.17, 15) is 4.79 Å². The largest absolute Gasteiger partial charge is 0.345 e. The van der Waals surface area contributed by atoms with Gasteiger partial charge in [0.25, 0.3) is 5.91 Å². The molecule has 1 unspecified atom stereocenters. The van der Waals surface area contributed by atoms with Crippen LogP contribution in [-0.4, -0.2) is 10.9 Å². The Kier molecular flexibility index (Phi) is 4.86. The molecule has 0 aliphatic rings. The number of nitrogens with one attached hydrogen (secondary N) is 1. The van der Waals surface area contributed by atoms with Gasteiger partial charge in [0.1, 0.15) is 5.15 Å². The molecule has 0 saturated carbocycles. The molecule has 1 amide bonds. The Balaban J connectivity index is 2.16. The molecule has 0 aliphatic carbocycles. The highest BCUT2D eigenvalue weighted by Crippen LogP contribution is 2.21. The van der Waals surface area contributed by atoms with E-state index in [1.54, 1.807) is 0 Å². The van der Waals surface area contributed by atoms with E-state index in [-0.39, 0.29) is 22.1 Å². The first kappa shape index (κ1) is 15.8. The molecule has 3 nitrogen and oxygen atoms in total. The Morgan fingerprint density at radius 3 is 2.57 bits per heavy atom. The number of aromatic nitrogens is 1. The lowest BCUT2D eigenvalue weighted by molar-refractivity contribution is 0.0939. The lowest BCUT2D eigenvalue weighted by Crippen LogP contribution is -2.27. The number of pyridine rings is 1. The van der Waals surface area contributed by atoms with Crippen molar-refractivity contribution in [2.45, 2.75) is 26.8 Å². The predicted octanol–water partition coefficient (Wildman–Crippen LogP) is 4.50. The normalized spacial score (nSPS) is 12.0. The minimum Gasteiger partial charge on any atom is -0.345 e. The van der Waals surface area contributed by atoms with Crippen LogP contribution in [0.5, 0.6) is 0 Å². The number of halogens is 2. The molecule has 5 heteroatoms. The molecular formula is C16H16Cl2N2O. The lowest BCUT2D eigenvalue weighted by atomic mass is 10.00. The summed E-state index contributed by atoms with van der Waals surface area (Å²) in [6.07, 6.45) is 1.41. The average molecular weight is 323 g/mol. The van der Waals surface area contributed by atoms with Gasteiger partial charge in [-0.25, -0.2) is 4.98 Å². The van der Waals surface area contributed by atoms with Crippen LogP contribution in [0.25, 0.3) is 0 Å². The SMILES string of the molecule is Cc1ccc(C(C)NC(=O)c2cnc(Cl)c(Cl)c2)c(C)c1. The van der Waals surface area contributed by atoms with Crippen LogP contribution in [0, 0.1) is 13.8 Å². The van der Waals surface area contributed by atoms with Crippen molar-refractivity contribution in [2.24, 2.45) is 0 Å². The molecule has 2 rings (SSSR count). The molecule has 0 saturated heterocycles. The molecule has 1 N–H and O–H groups in total. The van der Waals surface area contributed by atoms with Crippen molar-refractivity contribution in [1.29, 1.82) is 0 Å². The zero-order valence-corrected chi connectivity index (χ0v) is 13.6. The first-order valence-corrected chi connectivity index (χ1v) is 7.33. The predicted molar refractivity (Wildman–Crippen MR) is 86.1 cm³/mol. The highest BCUT2D eigenvalue weighted by molar-refractivity contribution is 6.41. The van der Waals surface area contributed by atoms with Gasteiger partial charge in [-0.1, -0.05) is 47.0 Å². The maximum atomic E-state index is 12.2. The molecule has 1 aromatic heterocycles. The van der Waals surface area contributed by atoms with Crippen LogP contribution in [0.15, 0.2) is 30.5 Å². The molecule has 2 aromatic rings. The number of hydrogen-bond donors (Lipinski definition) is 1. The fourth-order valence-electron chi connectivity index (χ4n) is 2.21. The van der Waals surface area contributed by atoms with Gasteiger partial charge in [0.2, 0.25) is 0 Å². The molecule has 0 bridgehead atoms. The molecular weight excluding hydrogens is 307 g/mol. The van der Waals surface area contributed by atoms with Gasteiger partial charge in [0.15, 0.2) is 0 Å². The van der Waals surface area contributed by atoms with Gasteiger partial charge >= 0.3 is 0 Å². The number of carbonyl (C=O) groups is 1. The third kappa shape index (κ3) is 3.74. The summed E-state index contributed by atoms with van der Waals surface area (Å²) >= 11 is 11.6. The topological polar surface area (TPSA) is 42.0 Å². The summed E-state index contributed by atoms with van der Waals surface area (Å²) in [4.78, 5) is 16.1. The van der Waals surface area contributed by atoms with Gasteiger partial charge < -0.3 is 5.32 Å². The second kappa shape index (κ2) is 6.46. The third-order valence-corrected chi connectivity index (χ3v) is 3.98. The van der Waals surface area contributed by atoms with Crippen LogP contribution in [-0.2, 0) is 0 Å². The Morgan fingerprint density at radius 2 is 1.95 bits per heavy atom. The van der Waals surface area contributed by atoms with Crippen molar-refractivity contribution >= 4 is 29.1 Å². The van der Waals surface area contributed by atoms with E-state index in [4.69, 9.17) is 23.2 Å². The quantitative estimate of drug-likeness (QED) is 0.845. The van der Waals surface area contributed by atoms with Gasteiger partial charge in [-0.2, -0.15) is 0 Å². The average Bonchev–Trinajstić information content (AvgIpc) is 2.41. The van der Waals surface area contributed by atoms with Crippen LogP contribution < -0.4 is 5.32 Å². The maximum absolute atomic E-state index is 12.2. The van der Waals surface area contributed by atoms with Crippen molar-refractivity contribution in [3.05, 3.63) is 62.9 Å². The first-order valence-electron chi connectivity index (χ1n) is 6.57. The van der Waals surface area contributed by atoms with Crippen LogP contribution in [0.2, 0.25) is 10.2 Å². The van der Waals surface area contributed by atoms with Crippen molar-refractivity contribution in [3.8, 4) is 0 Å². The van der Waals surface area contributed by atoms with Crippen molar-refractivity contribution in [3.63, 3.8) is 0 Å². The second-order valence-corrected chi connectivity index (χ2v) is 5.82. The highest BCUT2D eigenvalue weighted by atomic mass is 35.5. The van der Waals surface area contributed by atoms with Crippen LogP contribution in [0.1, 0.15) is 40.0 Å². The number of carbonyl (C=O) groups excluding carboxylic acids is 1. The van der Waals surface area contributed by atoms with Crippen molar-refractivity contribution in [2.75, 3.05) is 0 Å². The van der Waals surface area contributed by atoms with Gasteiger partial charge in [0, 0.05) is 6.20 Å². The summed E-state index contributed by atoms with van der Waals surface area (Å²) < 4.78 is 0. The van der Waals surface area contributed by atoms with E-state index in [0.717, 1.165) is 11.1 Å². The van der Waals surface area contributed by atoms with E-state index in [0.29, 0.717) is 5.56 Å². The van der Waals surface area contributed by atoms with Crippen molar-refractivity contribution in [1.82, 2.24) is 10.3 Å². The third-order valence-electron chi connectivity index (χ3n) is 3.30.